The van der Waals surface area contributed by atoms with Gasteiger partial charge in [-0.2, -0.15) is 5.10 Å². The Bertz CT molecular complexity index is 614. The normalized spacial score (nSPS) is 10.5. The van der Waals surface area contributed by atoms with Crippen LogP contribution in [-0.2, 0) is 7.05 Å². The molecule has 0 spiro atoms. The third-order valence-corrected chi connectivity index (χ3v) is 3.58. The van der Waals surface area contributed by atoms with E-state index in [2.05, 4.69) is 15.4 Å². The van der Waals surface area contributed by atoms with E-state index in [9.17, 15) is 10.1 Å². The maximum atomic E-state index is 11.0. The highest BCUT2D eigenvalue weighted by atomic mass is 32.2. The number of anilines is 1. The number of rotatable bonds is 6. The maximum Gasteiger partial charge on any atom is 0.272 e. The van der Waals surface area contributed by atoms with Crippen molar-refractivity contribution in [2.45, 2.75) is 23.4 Å². The Morgan fingerprint density at radius 2 is 2.25 bits per heavy atom. The van der Waals surface area contributed by atoms with Crippen LogP contribution in [0.1, 0.15) is 13.3 Å². The topological polar surface area (TPSA) is 85.9 Å². The molecular weight excluding hydrogens is 278 g/mol. The number of non-ortho nitro benzene ring substituents is 1. The quantitative estimate of drug-likeness (QED) is 0.651. The van der Waals surface area contributed by atoms with Crippen molar-refractivity contribution < 1.29 is 4.92 Å². The predicted octanol–water partition coefficient (Wildman–Crippen LogP) is 2.70. The summed E-state index contributed by atoms with van der Waals surface area (Å²) in [5.41, 5.74) is 0.807. The van der Waals surface area contributed by atoms with E-state index >= 15 is 0 Å². The summed E-state index contributed by atoms with van der Waals surface area (Å²) in [4.78, 5) is 15.5. The first-order valence-corrected chi connectivity index (χ1v) is 6.97. The van der Waals surface area contributed by atoms with Crippen molar-refractivity contribution >= 4 is 23.1 Å². The van der Waals surface area contributed by atoms with E-state index < -0.39 is 4.92 Å². The van der Waals surface area contributed by atoms with E-state index in [4.69, 9.17) is 0 Å². The zero-order valence-electron chi connectivity index (χ0n) is 11.2. The second-order valence-corrected chi connectivity index (χ2v) is 5.21. The predicted molar refractivity (Wildman–Crippen MR) is 77.0 cm³/mol. The highest BCUT2D eigenvalue weighted by Crippen LogP contribution is 2.31. The van der Waals surface area contributed by atoms with E-state index in [1.165, 1.54) is 30.2 Å². The molecule has 0 amide bonds. The average molecular weight is 293 g/mol. The molecule has 7 nitrogen and oxygen atoms in total. The molecule has 0 saturated heterocycles. The third kappa shape index (κ3) is 3.47. The number of hydrogen-bond donors (Lipinski definition) is 1. The molecule has 20 heavy (non-hydrogen) atoms. The Morgan fingerprint density at radius 3 is 2.85 bits per heavy atom. The summed E-state index contributed by atoms with van der Waals surface area (Å²) in [6.07, 6.45) is 2.41. The van der Waals surface area contributed by atoms with Crippen molar-refractivity contribution in [1.82, 2.24) is 14.8 Å². The number of nitro benzene ring substituents is 1. The van der Waals surface area contributed by atoms with Crippen LogP contribution in [0.5, 0.6) is 0 Å². The Kier molecular flexibility index (Phi) is 4.57. The van der Waals surface area contributed by atoms with Crippen molar-refractivity contribution in [2.24, 2.45) is 7.05 Å². The second-order valence-electron chi connectivity index (χ2n) is 4.17. The van der Waals surface area contributed by atoms with Crippen LogP contribution in [0.25, 0.3) is 0 Å². The number of nitrogens with one attached hydrogen (secondary N) is 1. The van der Waals surface area contributed by atoms with Gasteiger partial charge in [-0.1, -0.05) is 6.92 Å². The molecule has 8 heteroatoms. The van der Waals surface area contributed by atoms with Crippen LogP contribution in [0.3, 0.4) is 0 Å². The molecule has 0 saturated carbocycles. The van der Waals surface area contributed by atoms with Gasteiger partial charge < -0.3 is 5.32 Å². The second kappa shape index (κ2) is 6.38. The monoisotopic (exact) mass is 293 g/mol. The molecular formula is C12H15N5O2S. The van der Waals surface area contributed by atoms with Crippen LogP contribution in [-0.4, -0.2) is 26.2 Å². The van der Waals surface area contributed by atoms with Crippen LogP contribution in [0.4, 0.5) is 11.4 Å². The number of hydrogen-bond acceptors (Lipinski definition) is 6. The number of nitro groups is 1. The lowest BCUT2D eigenvalue weighted by atomic mass is 10.2. The first-order chi connectivity index (χ1) is 9.60. The smallest absolute Gasteiger partial charge is 0.272 e. The van der Waals surface area contributed by atoms with Crippen molar-refractivity contribution in [3.05, 3.63) is 34.6 Å². The highest BCUT2D eigenvalue weighted by molar-refractivity contribution is 7.99. The van der Waals surface area contributed by atoms with Crippen LogP contribution in [0.2, 0.25) is 0 Å². The Balaban J connectivity index is 2.29. The lowest BCUT2D eigenvalue weighted by molar-refractivity contribution is -0.385. The van der Waals surface area contributed by atoms with Gasteiger partial charge in [0.2, 0.25) is 0 Å². The summed E-state index contributed by atoms with van der Waals surface area (Å²) in [5.74, 6) is 0. The molecule has 106 valence electrons. The van der Waals surface area contributed by atoms with Gasteiger partial charge in [0, 0.05) is 36.3 Å². The van der Waals surface area contributed by atoms with E-state index in [0.717, 1.165) is 23.5 Å². The third-order valence-electron chi connectivity index (χ3n) is 2.56. The van der Waals surface area contributed by atoms with Crippen molar-refractivity contribution in [2.75, 3.05) is 11.9 Å². The summed E-state index contributed by atoms with van der Waals surface area (Å²) in [6, 6.07) is 4.95. The highest BCUT2D eigenvalue weighted by Gasteiger charge is 2.12. The largest absolute Gasteiger partial charge is 0.385 e. The lowest BCUT2D eigenvalue weighted by Gasteiger charge is -2.07. The molecule has 2 rings (SSSR count). The fourth-order valence-corrected chi connectivity index (χ4v) is 2.46. The minimum Gasteiger partial charge on any atom is -0.385 e. The number of aryl methyl sites for hydroxylation is 1. The van der Waals surface area contributed by atoms with Gasteiger partial charge in [-0.25, -0.2) is 9.67 Å². The summed E-state index contributed by atoms with van der Waals surface area (Å²) >= 11 is 1.34. The first-order valence-electron chi connectivity index (χ1n) is 6.15. The Hall–Kier alpha value is -2.09. The van der Waals surface area contributed by atoms with E-state index in [0.29, 0.717) is 5.16 Å². The zero-order valence-corrected chi connectivity index (χ0v) is 12.1. The van der Waals surface area contributed by atoms with Gasteiger partial charge in [0.05, 0.1) is 4.92 Å². The van der Waals surface area contributed by atoms with Gasteiger partial charge in [0.15, 0.2) is 5.16 Å². The lowest BCUT2D eigenvalue weighted by Crippen LogP contribution is -2.01. The fourth-order valence-electron chi connectivity index (χ4n) is 1.60. The standard InChI is InChI=1S/C12H15N5O2S/c1-3-4-13-9-5-10(17(18)19)7-11(6-9)20-12-14-8-15-16(12)2/h5-8,13H,3-4H2,1-2H3. The summed E-state index contributed by atoms with van der Waals surface area (Å²) in [5, 5.41) is 18.8. The van der Waals surface area contributed by atoms with Gasteiger partial charge in [-0.05, 0) is 24.2 Å². The molecule has 0 aliphatic heterocycles. The number of nitrogens with zero attached hydrogens (tertiary/aromatic N) is 4. The van der Waals surface area contributed by atoms with Crippen LogP contribution in [0.15, 0.2) is 34.6 Å². The van der Waals surface area contributed by atoms with Gasteiger partial charge in [0.25, 0.3) is 5.69 Å². The molecule has 0 radical (unpaired) electrons. The minimum absolute atomic E-state index is 0.0655. The molecule has 0 unspecified atom stereocenters. The van der Waals surface area contributed by atoms with Gasteiger partial charge in [-0.15, -0.1) is 0 Å². The average Bonchev–Trinajstić information content (AvgIpc) is 2.81. The Labute approximate surface area is 120 Å². The summed E-state index contributed by atoms with van der Waals surface area (Å²) in [6.45, 7) is 2.81. The molecule has 1 N–H and O–H groups in total. The molecule has 1 heterocycles. The van der Waals surface area contributed by atoms with Crippen molar-refractivity contribution in [3.8, 4) is 0 Å². The van der Waals surface area contributed by atoms with Gasteiger partial charge >= 0.3 is 0 Å². The zero-order chi connectivity index (χ0) is 14.5. The molecule has 0 bridgehead atoms. The molecule has 0 fully saturated rings. The molecule has 0 atom stereocenters. The van der Waals surface area contributed by atoms with Crippen LogP contribution >= 0.6 is 11.8 Å². The van der Waals surface area contributed by atoms with Gasteiger partial charge in [0.1, 0.15) is 6.33 Å². The molecule has 0 aliphatic rings. The van der Waals surface area contributed by atoms with Crippen LogP contribution < -0.4 is 5.32 Å². The molecule has 1 aromatic heterocycles. The number of benzene rings is 1. The summed E-state index contributed by atoms with van der Waals surface area (Å²) < 4.78 is 1.63. The van der Waals surface area contributed by atoms with E-state index in [1.54, 1.807) is 11.7 Å². The van der Waals surface area contributed by atoms with E-state index in [-0.39, 0.29) is 5.69 Å². The van der Waals surface area contributed by atoms with Crippen LogP contribution in [0, 0.1) is 10.1 Å². The Morgan fingerprint density at radius 1 is 1.45 bits per heavy atom. The number of aromatic nitrogens is 3. The summed E-state index contributed by atoms with van der Waals surface area (Å²) in [7, 11) is 1.78. The molecule has 0 aliphatic carbocycles. The minimum atomic E-state index is -0.391. The molecule has 1 aromatic carbocycles. The van der Waals surface area contributed by atoms with Crippen molar-refractivity contribution in [3.63, 3.8) is 0 Å². The van der Waals surface area contributed by atoms with Gasteiger partial charge in [-0.3, -0.25) is 10.1 Å². The molecule has 2 aromatic rings. The van der Waals surface area contributed by atoms with Crippen molar-refractivity contribution in [1.29, 1.82) is 0 Å². The van der Waals surface area contributed by atoms with E-state index in [1.807, 2.05) is 13.0 Å². The first kappa shape index (κ1) is 14.3. The fraction of sp³-hybridized carbons (Fsp3) is 0.333. The SMILES string of the molecule is CCCNc1cc(Sc2ncnn2C)cc([N+](=O)[O-])c1. The maximum absolute atomic E-state index is 11.0.